The van der Waals surface area contributed by atoms with Gasteiger partial charge >= 0.3 is 5.97 Å². The molecule has 0 aliphatic heterocycles. The largest absolute Gasteiger partial charge is 0.465 e. The third-order valence-electron chi connectivity index (χ3n) is 6.19. The van der Waals surface area contributed by atoms with E-state index >= 15 is 0 Å². The first-order valence-corrected chi connectivity index (χ1v) is 12.2. The molecule has 178 valence electrons. The monoisotopic (exact) mass is 468 g/mol. The summed E-state index contributed by atoms with van der Waals surface area (Å²) in [6.07, 6.45) is 6.10. The molecule has 2 radical (unpaired) electrons. The van der Waals surface area contributed by atoms with Crippen molar-refractivity contribution in [3.8, 4) is 11.1 Å². The van der Waals surface area contributed by atoms with Gasteiger partial charge in [0.25, 0.3) is 5.56 Å². The van der Waals surface area contributed by atoms with E-state index in [1.807, 2.05) is 75.7 Å². The van der Waals surface area contributed by atoms with Gasteiger partial charge in [0.1, 0.15) is 0 Å². The molecule has 0 aliphatic carbocycles. The van der Waals surface area contributed by atoms with E-state index in [4.69, 9.17) is 24.8 Å². The molecule has 2 aromatic rings. The highest BCUT2D eigenvalue weighted by molar-refractivity contribution is 7.71. The maximum absolute atomic E-state index is 12.8. The van der Waals surface area contributed by atoms with Crippen LogP contribution in [0.15, 0.2) is 41.3 Å². The van der Waals surface area contributed by atoms with Gasteiger partial charge in [0.05, 0.1) is 25.4 Å². The van der Waals surface area contributed by atoms with Crippen LogP contribution < -0.4 is 5.56 Å². The van der Waals surface area contributed by atoms with Crippen LogP contribution in [0.1, 0.15) is 66.7 Å². The lowest BCUT2D eigenvalue weighted by Crippen LogP contribution is -2.37. The third-order valence-corrected chi connectivity index (χ3v) is 6.52. The molecular formula is C26H37BN2O3S. The highest BCUT2D eigenvalue weighted by Crippen LogP contribution is 2.42. The van der Waals surface area contributed by atoms with Crippen LogP contribution in [-0.4, -0.2) is 30.0 Å². The fraction of sp³-hybridized carbons (Fsp3) is 0.577. The van der Waals surface area contributed by atoms with Gasteiger partial charge in [-0.05, 0) is 56.3 Å². The lowest BCUT2D eigenvalue weighted by molar-refractivity contribution is -0.159. The van der Waals surface area contributed by atoms with Crippen molar-refractivity contribution in [2.45, 2.75) is 78.6 Å². The Labute approximate surface area is 204 Å². The van der Waals surface area contributed by atoms with Crippen molar-refractivity contribution in [2.75, 3.05) is 6.61 Å². The molecule has 1 heterocycles. The van der Waals surface area contributed by atoms with Gasteiger partial charge in [-0.1, -0.05) is 69.8 Å². The van der Waals surface area contributed by atoms with Crippen molar-refractivity contribution >= 4 is 26.0 Å². The smallest absolute Gasteiger partial charge is 0.312 e. The van der Waals surface area contributed by atoms with E-state index in [2.05, 4.69) is 4.98 Å². The second-order valence-electron chi connectivity index (χ2n) is 10.1. The van der Waals surface area contributed by atoms with E-state index in [0.29, 0.717) is 23.4 Å². The van der Waals surface area contributed by atoms with Gasteiger partial charge in [-0.2, -0.15) is 0 Å². The SMILES string of the molecule is [B]C(C)(C)CC(C)(C(=O)OCCCCCCn1cc(-c2ccccc2)c(=O)[nH]c1=S)C(C)C. The van der Waals surface area contributed by atoms with E-state index in [-0.39, 0.29) is 17.4 Å². The number of nitrogens with zero attached hydrogens (tertiary/aromatic N) is 1. The average molecular weight is 468 g/mol. The summed E-state index contributed by atoms with van der Waals surface area (Å²) in [7, 11) is 6.18. The molecule has 2 rings (SSSR count). The van der Waals surface area contributed by atoms with Crippen LogP contribution in [0.4, 0.5) is 0 Å². The minimum Gasteiger partial charge on any atom is -0.465 e. The van der Waals surface area contributed by atoms with Crippen molar-refractivity contribution < 1.29 is 9.53 Å². The van der Waals surface area contributed by atoms with Gasteiger partial charge in [0.2, 0.25) is 0 Å². The maximum Gasteiger partial charge on any atom is 0.312 e. The van der Waals surface area contributed by atoms with E-state index in [0.717, 1.165) is 37.8 Å². The van der Waals surface area contributed by atoms with Crippen LogP contribution in [0.3, 0.4) is 0 Å². The van der Waals surface area contributed by atoms with Crippen LogP contribution in [0, 0.1) is 16.1 Å². The lowest BCUT2D eigenvalue weighted by Gasteiger charge is -2.37. The molecule has 0 amide bonds. The van der Waals surface area contributed by atoms with Gasteiger partial charge in [0, 0.05) is 12.7 Å². The number of hydrogen-bond donors (Lipinski definition) is 1. The summed E-state index contributed by atoms with van der Waals surface area (Å²) < 4.78 is 7.97. The zero-order valence-electron chi connectivity index (χ0n) is 20.6. The van der Waals surface area contributed by atoms with Crippen molar-refractivity contribution in [1.29, 1.82) is 0 Å². The summed E-state index contributed by atoms with van der Waals surface area (Å²) >= 11 is 5.33. The Hall–Kier alpha value is -2.15. The molecule has 33 heavy (non-hydrogen) atoms. The van der Waals surface area contributed by atoms with Crippen LogP contribution in [-0.2, 0) is 16.1 Å². The Balaban J connectivity index is 1.81. The molecule has 1 atom stereocenters. The first kappa shape index (κ1) is 27.1. The minimum absolute atomic E-state index is 0.149. The molecule has 0 saturated carbocycles. The van der Waals surface area contributed by atoms with E-state index in [1.54, 1.807) is 0 Å². The van der Waals surface area contributed by atoms with Gasteiger partial charge in [-0.15, -0.1) is 0 Å². The molecule has 0 spiro atoms. The molecule has 0 aliphatic rings. The molecule has 1 N–H and O–H groups in total. The number of unbranched alkanes of at least 4 members (excludes halogenated alkanes) is 3. The number of H-pyrrole nitrogens is 1. The molecule has 1 unspecified atom stereocenters. The second kappa shape index (κ2) is 11.8. The van der Waals surface area contributed by atoms with Crippen molar-refractivity contribution in [3.63, 3.8) is 0 Å². The average Bonchev–Trinajstić information content (AvgIpc) is 2.73. The van der Waals surface area contributed by atoms with Gasteiger partial charge in [0.15, 0.2) is 4.77 Å². The number of carbonyl (C=O) groups excluding carboxylic acids is 1. The molecule has 1 aromatic heterocycles. The number of rotatable bonds is 12. The molecule has 1 aromatic carbocycles. The predicted molar refractivity (Wildman–Crippen MR) is 138 cm³/mol. The number of aromatic nitrogens is 2. The topological polar surface area (TPSA) is 64.1 Å². The highest BCUT2D eigenvalue weighted by atomic mass is 32.1. The first-order chi connectivity index (χ1) is 15.4. The summed E-state index contributed by atoms with van der Waals surface area (Å²) in [6, 6.07) is 9.57. The van der Waals surface area contributed by atoms with Gasteiger partial charge in [-0.25, -0.2) is 0 Å². The molecule has 7 heteroatoms. The number of esters is 1. The number of ether oxygens (including phenoxy) is 1. The van der Waals surface area contributed by atoms with Crippen LogP contribution in [0.25, 0.3) is 11.1 Å². The van der Waals surface area contributed by atoms with Gasteiger partial charge < -0.3 is 9.30 Å². The van der Waals surface area contributed by atoms with Crippen LogP contribution >= 0.6 is 12.2 Å². The summed E-state index contributed by atoms with van der Waals surface area (Å²) in [5.74, 6) is -0.0143. The minimum atomic E-state index is -0.588. The van der Waals surface area contributed by atoms with E-state index < -0.39 is 10.7 Å². The van der Waals surface area contributed by atoms with Gasteiger partial charge in [-0.3, -0.25) is 14.6 Å². The first-order valence-electron chi connectivity index (χ1n) is 11.8. The molecule has 0 fully saturated rings. The van der Waals surface area contributed by atoms with Crippen molar-refractivity contribution in [1.82, 2.24) is 9.55 Å². The fourth-order valence-electron chi connectivity index (χ4n) is 4.02. The number of carbonyl (C=O) groups is 1. The maximum atomic E-state index is 12.8. The standard InChI is InChI=1S/C26H37BN2O3S/c1-19(2)26(5,18-25(3,4)27)23(31)32-16-12-7-6-11-15-29-17-21(22(30)28-24(29)33)20-13-9-8-10-14-20/h8-10,13-14,17,19H,6-7,11-12,15-16,18H2,1-5H3,(H,28,30,33). The number of aryl methyl sites for hydroxylation is 1. The van der Waals surface area contributed by atoms with Crippen molar-refractivity contribution in [3.05, 3.63) is 51.7 Å². The summed E-state index contributed by atoms with van der Waals surface area (Å²) in [6.45, 7) is 11.1. The van der Waals surface area contributed by atoms with Crippen LogP contribution in [0.2, 0.25) is 5.31 Å². The Morgan fingerprint density at radius 3 is 2.36 bits per heavy atom. The fourth-order valence-corrected chi connectivity index (χ4v) is 4.26. The van der Waals surface area contributed by atoms with Crippen LogP contribution in [0.5, 0.6) is 0 Å². The molecule has 5 nitrogen and oxygen atoms in total. The number of hydrogen-bond acceptors (Lipinski definition) is 4. The van der Waals surface area contributed by atoms with E-state index in [1.165, 1.54) is 0 Å². The Bertz CT molecular complexity index is 1020. The Kier molecular flexibility index (Phi) is 9.71. The predicted octanol–water partition coefficient (Wildman–Crippen LogP) is 6.10. The number of aromatic amines is 1. The van der Waals surface area contributed by atoms with Crippen molar-refractivity contribution in [2.24, 2.45) is 11.3 Å². The Morgan fingerprint density at radius 2 is 1.76 bits per heavy atom. The summed E-state index contributed by atoms with van der Waals surface area (Å²) in [5.41, 5.74) is 0.728. The normalized spacial score (nSPS) is 13.6. The highest BCUT2D eigenvalue weighted by Gasteiger charge is 2.40. The summed E-state index contributed by atoms with van der Waals surface area (Å²) in [4.78, 5) is 27.8. The quantitative estimate of drug-likeness (QED) is 0.177. The zero-order valence-corrected chi connectivity index (χ0v) is 21.5. The molecule has 0 bridgehead atoms. The lowest BCUT2D eigenvalue weighted by atomic mass is 9.60. The second-order valence-corrected chi connectivity index (χ2v) is 10.5. The van der Waals surface area contributed by atoms with E-state index in [9.17, 15) is 9.59 Å². The number of nitrogens with one attached hydrogen (secondary N) is 1. The third kappa shape index (κ3) is 7.99. The summed E-state index contributed by atoms with van der Waals surface area (Å²) in [5, 5.41) is -0.429. The molecule has 0 saturated heterocycles. The molecular weight excluding hydrogens is 431 g/mol. The number of benzene rings is 1. The Morgan fingerprint density at radius 1 is 1.12 bits per heavy atom. The zero-order chi connectivity index (χ0) is 24.6.